The normalized spacial score (nSPS) is 16.9. The number of nitrogens with zero attached hydrogens (tertiary/aromatic N) is 2. The summed E-state index contributed by atoms with van der Waals surface area (Å²) >= 11 is 0. The van der Waals surface area contributed by atoms with Gasteiger partial charge < -0.3 is 10.0 Å². The summed E-state index contributed by atoms with van der Waals surface area (Å²) in [4.78, 5) is 17.2. The summed E-state index contributed by atoms with van der Waals surface area (Å²) in [5, 5.41) is 9.10. The number of pyridine rings is 1. The molecule has 1 fully saturated rings. The Bertz CT molecular complexity index is 402. The highest BCUT2D eigenvalue weighted by Crippen LogP contribution is 2.33. The van der Waals surface area contributed by atoms with Crippen LogP contribution in [0.4, 0.5) is 5.69 Å². The first-order valence-corrected chi connectivity index (χ1v) is 5.53. The van der Waals surface area contributed by atoms with Crippen LogP contribution in [0.2, 0.25) is 0 Å². The molecule has 1 aromatic rings. The number of carbonyl (C=O) groups is 1. The van der Waals surface area contributed by atoms with Crippen LogP contribution < -0.4 is 4.90 Å². The number of aromatic nitrogens is 1. The van der Waals surface area contributed by atoms with Gasteiger partial charge in [0.25, 0.3) is 0 Å². The summed E-state index contributed by atoms with van der Waals surface area (Å²) in [5.41, 5.74) is 1.88. The van der Waals surface area contributed by atoms with E-state index in [1.54, 1.807) is 13.1 Å². The first-order chi connectivity index (χ1) is 7.59. The third kappa shape index (κ3) is 2.15. The van der Waals surface area contributed by atoms with E-state index in [4.69, 9.17) is 5.11 Å². The number of carboxylic acid groups (broad SMARTS) is 1. The maximum atomic E-state index is 11.1. The molecule has 1 saturated carbocycles. The molecule has 4 nitrogen and oxygen atoms in total. The highest BCUT2D eigenvalue weighted by Gasteiger charge is 2.35. The largest absolute Gasteiger partial charge is 0.480 e. The lowest BCUT2D eigenvalue weighted by Gasteiger charge is -2.28. The molecule has 0 aromatic carbocycles. The Morgan fingerprint density at radius 2 is 2.31 bits per heavy atom. The fourth-order valence-electron chi connectivity index (χ4n) is 1.91. The highest BCUT2D eigenvalue weighted by atomic mass is 16.4. The monoisotopic (exact) mass is 220 g/mol. The molecule has 0 aliphatic heterocycles. The Kier molecular flexibility index (Phi) is 2.81. The minimum atomic E-state index is -0.777. The van der Waals surface area contributed by atoms with Gasteiger partial charge in [-0.25, -0.2) is 4.79 Å². The summed E-state index contributed by atoms with van der Waals surface area (Å²) < 4.78 is 0. The maximum absolute atomic E-state index is 11.1. The first-order valence-electron chi connectivity index (χ1n) is 5.53. The van der Waals surface area contributed by atoms with Crippen LogP contribution in [0.15, 0.2) is 18.3 Å². The summed E-state index contributed by atoms with van der Waals surface area (Å²) in [7, 11) is 0. The van der Waals surface area contributed by atoms with E-state index in [1.165, 1.54) is 0 Å². The molecular weight excluding hydrogens is 204 g/mol. The highest BCUT2D eigenvalue weighted by molar-refractivity contribution is 5.78. The lowest BCUT2D eigenvalue weighted by Crippen LogP contribution is -2.40. The van der Waals surface area contributed by atoms with Crippen molar-refractivity contribution in [3.8, 4) is 0 Å². The Hall–Kier alpha value is -1.58. The van der Waals surface area contributed by atoms with E-state index in [0.29, 0.717) is 6.04 Å². The predicted molar refractivity (Wildman–Crippen MR) is 61.6 cm³/mol. The summed E-state index contributed by atoms with van der Waals surface area (Å²) in [6.07, 6.45) is 3.90. The van der Waals surface area contributed by atoms with Crippen molar-refractivity contribution in [3.63, 3.8) is 0 Å². The second kappa shape index (κ2) is 4.12. The molecule has 86 valence electrons. The fourth-order valence-corrected chi connectivity index (χ4v) is 1.91. The van der Waals surface area contributed by atoms with Crippen LogP contribution in [0.3, 0.4) is 0 Å². The molecule has 1 unspecified atom stereocenters. The van der Waals surface area contributed by atoms with E-state index < -0.39 is 12.0 Å². The van der Waals surface area contributed by atoms with Crippen molar-refractivity contribution in [1.82, 2.24) is 4.98 Å². The molecule has 0 bridgehead atoms. The molecule has 16 heavy (non-hydrogen) atoms. The minimum absolute atomic E-state index is 0.382. The van der Waals surface area contributed by atoms with Gasteiger partial charge in [0, 0.05) is 23.6 Å². The van der Waals surface area contributed by atoms with Crippen LogP contribution in [-0.2, 0) is 4.79 Å². The molecule has 1 aromatic heterocycles. The van der Waals surface area contributed by atoms with Crippen LogP contribution in [0.25, 0.3) is 0 Å². The van der Waals surface area contributed by atoms with E-state index in [1.807, 2.05) is 24.0 Å². The van der Waals surface area contributed by atoms with Gasteiger partial charge in [-0.05, 0) is 38.8 Å². The fraction of sp³-hybridized carbons (Fsp3) is 0.500. The van der Waals surface area contributed by atoms with Gasteiger partial charge in [0.1, 0.15) is 6.04 Å². The van der Waals surface area contributed by atoms with Crippen LogP contribution in [-0.4, -0.2) is 28.1 Å². The molecule has 1 aliphatic carbocycles. The van der Waals surface area contributed by atoms with Crippen LogP contribution >= 0.6 is 0 Å². The van der Waals surface area contributed by atoms with Crippen molar-refractivity contribution in [3.05, 3.63) is 24.0 Å². The van der Waals surface area contributed by atoms with E-state index in [9.17, 15) is 4.79 Å². The molecular formula is C12H16N2O2. The van der Waals surface area contributed by atoms with Crippen LogP contribution in [0, 0.1) is 6.92 Å². The van der Waals surface area contributed by atoms with Crippen LogP contribution in [0.5, 0.6) is 0 Å². The lowest BCUT2D eigenvalue weighted by atomic mass is 10.2. The van der Waals surface area contributed by atoms with E-state index in [2.05, 4.69) is 4.98 Å². The van der Waals surface area contributed by atoms with Crippen LogP contribution in [0.1, 0.15) is 25.5 Å². The van der Waals surface area contributed by atoms with Crippen molar-refractivity contribution in [2.75, 3.05) is 4.90 Å². The van der Waals surface area contributed by atoms with Crippen molar-refractivity contribution in [2.24, 2.45) is 0 Å². The van der Waals surface area contributed by atoms with E-state index >= 15 is 0 Å². The number of aryl methyl sites for hydroxylation is 1. The predicted octanol–water partition coefficient (Wildman–Crippen LogP) is 1.83. The van der Waals surface area contributed by atoms with E-state index in [0.717, 1.165) is 24.2 Å². The Balaban J connectivity index is 2.28. The lowest BCUT2D eigenvalue weighted by molar-refractivity contribution is -0.138. The smallest absolute Gasteiger partial charge is 0.326 e. The van der Waals surface area contributed by atoms with Crippen molar-refractivity contribution >= 4 is 11.7 Å². The number of rotatable bonds is 4. The van der Waals surface area contributed by atoms with Gasteiger partial charge in [0.2, 0.25) is 0 Å². The Morgan fingerprint density at radius 1 is 1.62 bits per heavy atom. The molecule has 0 saturated heterocycles. The number of aliphatic carboxylic acids is 1. The zero-order chi connectivity index (χ0) is 11.7. The van der Waals surface area contributed by atoms with Gasteiger partial charge in [-0.3, -0.25) is 4.98 Å². The molecule has 1 aliphatic rings. The standard InChI is InChI=1S/C12H16N2O2/c1-8-7-11(5-6-13-8)14(10-3-4-10)9(2)12(15)16/h5-7,9-10H,3-4H2,1-2H3,(H,15,16). The molecule has 2 rings (SSSR count). The molecule has 0 spiro atoms. The van der Waals surface area contributed by atoms with Gasteiger partial charge in [-0.2, -0.15) is 0 Å². The maximum Gasteiger partial charge on any atom is 0.326 e. The SMILES string of the molecule is Cc1cc(N(C2CC2)C(C)C(=O)O)ccn1. The first kappa shape index (κ1) is 10.9. The third-order valence-electron chi connectivity index (χ3n) is 2.89. The number of anilines is 1. The van der Waals surface area contributed by atoms with Gasteiger partial charge in [-0.15, -0.1) is 0 Å². The van der Waals surface area contributed by atoms with E-state index in [-0.39, 0.29) is 0 Å². The quantitative estimate of drug-likeness (QED) is 0.841. The molecule has 1 atom stereocenters. The average molecular weight is 220 g/mol. The zero-order valence-corrected chi connectivity index (χ0v) is 9.55. The zero-order valence-electron chi connectivity index (χ0n) is 9.55. The summed E-state index contributed by atoms with van der Waals surface area (Å²) in [6.45, 7) is 3.65. The molecule has 1 heterocycles. The molecule has 4 heteroatoms. The summed E-state index contributed by atoms with van der Waals surface area (Å²) in [6, 6.07) is 3.73. The molecule has 0 amide bonds. The molecule has 1 N–H and O–H groups in total. The number of hydrogen-bond acceptors (Lipinski definition) is 3. The van der Waals surface area contributed by atoms with Gasteiger partial charge in [-0.1, -0.05) is 0 Å². The average Bonchev–Trinajstić information content (AvgIpc) is 3.02. The second-order valence-electron chi connectivity index (χ2n) is 4.31. The van der Waals surface area contributed by atoms with Gasteiger partial charge >= 0.3 is 5.97 Å². The second-order valence-corrected chi connectivity index (χ2v) is 4.31. The Morgan fingerprint density at radius 3 is 2.81 bits per heavy atom. The third-order valence-corrected chi connectivity index (χ3v) is 2.89. The van der Waals surface area contributed by atoms with Gasteiger partial charge in [0.15, 0.2) is 0 Å². The van der Waals surface area contributed by atoms with Crippen molar-refractivity contribution < 1.29 is 9.90 Å². The Labute approximate surface area is 94.9 Å². The topological polar surface area (TPSA) is 53.4 Å². The van der Waals surface area contributed by atoms with Gasteiger partial charge in [0.05, 0.1) is 0 Å². The molecule has 0 radical (unpaired) electrons. The number of carboxylic acids is 1. The summed E-state index contributed by atoms with van der Waals surface area (Å²) in [5.74, 6) is -0.777. The number of hydrogen-bond donors (Lipinski definition) is 1. The van der Waals surface area contributed by atoms with Crippen molar-refractivity contribution in [1.29, 1.82) is 0 Å². The van der Waals surface area contributed by atoms with Crippen molar-refractivity contribution in [2.45, 2.75) is 38.8 Å². The minimum Gasteiger partial charge on any atom is -0.480 e.